The number of nitrogen functional groups attached to an aromatic ring is 1. The van der Waals surface area contributed by atoms with Crippen molar-refractivity contribution in [2.75, 3.05) is 11.1 Å². The van der Waals surface area contributed by atoms with E-state index < -0.39 is 5.91 Å². The van der Waals surface area contributed by atoms with Gasteiger partial charge in [0.25, 0.3) is 0 Å². The number of benzene rings is 1. The SMILES string of the molecule is CC(Nc1cc(C(N)=O)ccc1N)c1ccco1. The van der Waals surface area contributed by atoms with Gasteiger partial charge in [0.1, 0.15) is 5.76 Å². The summed E-state index contributed by atoms with van der Waals surface area (Å²) in [6.07, 6.45) is 1.61. The summed E-state index contributed by atoms with van der Waals surface area (Å²) in [5, 5.41) is 3.18. The molecule has 5 heteroatoms. The molecule has 0 spiro atoms. The van der Waals surface area contributed by atoms with Crippen molar-refractivity contribution in [1.82, 2.24) is 0 Å². The maximum absolute atomic E-state index is 11.1. The monoisotopic (exact) mass is 245 g/mol. The predicted molar refractivity (Wildman–Crippen MR) is 70.1 cm³/mol. The van der Waals surface area contributed by atoms with Crippen molar-refractivity contribution in [3.63, 3.8) is 0 Å². The van der Waals surface area contributed by atoms with Crippen LogP contribution in [-0.2, 0) is 0 Å². The zero-order chi connectivity index (χ0) is 13.1. The molecule has 0 radical (unpaired) electrons. The van der Waals surface area contributed by atoms with Gasteiger partial charge in [-0.3, -0.25) is 4.79 Å². The fraction of sp³-hybridized carbons (Fsp3) is 0.154. The summed E-state index contributed by atoms with van der Waals surface area (Å²) in [6, 6.07) is 8.52. The number of hydrogen-bond donors (Lipinski definition) is 3. The van der Waals surface area contributed by atoms with Gasteiger partial charge in [0, 0.05) is 5.56 Å². The summed E-state index contributed by atoms with van der Waals surface area (Å²) in [7, 11) is 0. The number of hydrogen-bond acceptors (Lipinski definition) is 4. The van der Waals surface area contributed by atoms with E-state index in [2.05, 4.69) is 5.32 Å². The van der Waals surface area contributed by atoms with Gasteiger partial charge in [-0.05, 0) is 37.3 Å². The Morgan fingerprint density at radius 2 is 2.17 bits per heavy atom. The number of anilines is 2. The van der Waals surface area contributed by atoms with Gasteiger partial charge in [-0.15, -0.1) is 0 Å². The largest absolute Gasteiger partial charge is 0.467 e. The minimum absolute atomic E-state index is 0.0505. The Kier molecular flexibility index (Phi) is 3.23. The second-order valence-electron chi connectivity index (χ2n) is 4.05. The zero-order valence-corrected chi connectivity index (χ0v) is 10.0. The summed E-state index contributed by atoms with van der Waals surface area (Å²) >= 11 is 0. The number of amides is 1. The van der Waals surface area contributed by atoms with Crippen LogP contribution in [0.1, 0.15) is 29.1 Å². The highest BCUT2D eigenvalue weighted by molar-refractivity contribution is 5.94. The standard InChI is InChI=1S/C13H15N3O2/c1-8(12-3-2-6-18-12)16-11-7-9(13(15)17)4-5-10(11)14/h2-8,16H,14H2,1H3,(H2,15,17). The molecule has 1 atom stereocenters. The van der Waals surface area contributed by atoms with Crippen LogP contribution < -0.4 is 16.8 Å². The number of rotatable bonds is 4. The summed E-state index contributed by atoms with van der Waals surface area (Å²) < 4.78 is 5.29. The van der Waals surface area contributed by atoms with Crippen LogP contribution in [0.4, 0.5) is 11.4 Å². The first-order chi connectivity index (χ1) is 8.58. The highest BCUT2D eigenvalue weighted by Gasteiger charge is 2.11. The third-order valence-corrected chi connectivity index (χ3v) is 2.68. The fourth-order valence-corrected chi connectivity index (χ4v) is 1.68. The van der Waals surface area contributed by atoms with Crippen molar-refractivity contribution < 1.29 is 9.21 Å². The maximum atomic E-state index is 11.1. The van der Waals surface area contributed by atoms with Crippen molar-refractivity contribution in [3.05, 3.63) is 47.9 Å². The van der Waals surface area contributed by atoms with Gasteiger partial charge in [-0.1, -0.05) is 0 Å². The minimum atomic E-state index is -0.483. The van der Waals surface area contributed by atoms with Crippen LogP contribution in [0.2, 0.25) is 0 Å². The van der Waals surface area contributed by atoms with Gasteiger partial charge < -0.3 is 21.2 Å². The van der Waals surface area contributed by atoms with Gasteiger partial charge >= 0.3 is 0 Å². The molecule has 94 valence electrons. The lowest BCUT2D eigenvalue weighted by molar-refractivity contribution is 0.100. The topological polar surface area (TPSA) is 94.3 Å². The Bertz CT molecular complexity index is 549. The Labute approximate surface area is 105 Å². The highest BCUT2D eigenvalue weighted by Crippen LogP contribution is 2.25. The molecule has 1 aromatic carbocycles. The van der Waals surface area contributed by atoms with Crippen molar-refractivity contribution in [2.45, 2.75) is 13.0 Å². The molecule has 0 aliphatic rings. The molecule has 18 heavy (non-hydrogen) atoms. The second-order valence-corrected chi connectivity index (χ2v) is 4.05. The normalized spacial score (nSPS) is 12.1. The molecule has 1 aromatic heterocycles. The van der Waals surface area contributed by atoms with E-state index >= 15 is 0 Å². The van der Waals surface area contributed by atoms with E-state index in [4.69, 9.17) is 15.9 Å². The molecule has 0 aliphatic carbocycles. The molecule has 0 bridgehead atoms. The van der Waals surface area contributed by atoms with E-state index in [1.165, 1.54) is 0 Å². The van der Waals surface area contributed by atoms with E-state index in [0.29, 0.717) is 16.9 Å². The zero-order valence-electron chi connectivity index (χ0n) is 10.0. The fourth-order valence-electron chi connectivity index (χ4n) is 1.68. The lowest BCUT2D eigenvalue weighted by Gasteiger charge is -2.15. The number of carbonyl (C=O) groups is 1. The summed E-state index contributed by atoms with van der Waals surface area (Å²) in [5.74, 6) is 0.308. The van der Waals surface area contributed by atoms with E-state index in [1.807, 2.05) is 19.1 Å². The van der Waals surface area contributed by atoms with Crippen LogP contribution in [0.15, 0.2) is 41.0 Å². The highest BCUT2D eigenvalue weighted by atomic mass is 16.3. The van der Waals surface area contributed by atoms with Gasteiger partial charge in [0.2, 0.25) is 5.91 Å². The lowest BCUT2D eigenvalue weighted by Crippen LogP contribution is -2.13. The lowest BCUT2D eigenvalue weighted by atomic mass is 10.1. The molecule has 5 N–H and O–H groups in total. The second kappa shape index (κ2) is 4.83. The van der Waals surface area contributed by atoms with Gasteiger partial charge in [0.05, 0.1) is 23.7 Å². The first kappa shape index (κ1) is 12.0. The van der Waals surface area contributed by atoms with Crippen molar-refractivity contribution >= 4 is 17.3 Å². The van der Waals surface area contributed by atoms with E-state index in [9.17, 15) is 4.79 Å². The third-order valence-electron chi connectivity index (χ3n) is 2.68. The third kappa shape index (κ3) is 2.45. The number of nitrogens with one attached hydrogen (secondary N) is 1. The molecule has 1 heterocycles. The van der Waals surface area contributed by atoms with Gasteiger partial charge in [-0.25, -0.2) is 0 Å². The number of furan rings is 1. The van der Waals surface area contributed by atoms with E-state index in [1.54, 1.807) is 24.5 Å². The molecule has 1 unspecified atom stereocenters. The molecule has 0 saturated carbocycles. The molecule has 0 saturated heterocycles. The minimum Gasteiger partial charge on any atom is -0.467 e. The van der Waals surface area contributed by atoms with Crippen LogP contribution in [0.5, 0.6) is 0 Å². The summed E-state index contributed by atoms with van der Waals surface area (Å²) in [6.45, 7) is 1.94. The average Bonchev–Trinajstić information content (AvgIpc) is 2.85. The van der Waals surface area contributed by atoms with Crippen LogP contribution >= 0.6 is 0 Å². The van der Waals surface area contributed by atoms with Crippen molar-refractivity contribution in [3.8, 4) is 0 Å². The number of primary amides is 1. The quantitative estimate of drug-likeness (QED) is 0.719. The molecule has 2 rings (SSSR count). The first-order valence-electron chi connectivity index (χ1n) is 5.57. The number of carbonyl (C=O) groups excluding carboxylic acids is 1. The van der Waals surface area contributed by atoms with E-state index in [0.717, 1.165) is 5.76 Å². The average molecular weight is 245 g/mol. The molecular formula is C13H15N3O2. The molecular weight excluding hydrogens is 230 g/mol. The van der Waals surface area contributed by atoms with Crippen LogP contribution in [0.25, 0.3) is 0 Å². The first-order valence-corrected chi connectivity index (χ1v) is 5.57. The number of nitrogens with two attached hydrogens (primary N) is 2. The van der Waals surface area contributed by atoms with Gasteiger partial charge in [0.15, 0.2) is 0 Å². The summed E-state index contributed by atoms with van der Waals surface area (Å²) in [5.41, 5.74) is 12.7. The Morgan fingerprint density at radius 1 is 1.39 bits per heavy atom. The molecule has 2 aromatic rings. The molecule has 1 amide bonds. The predicted octanol–water partition coefficient (Wildman–Crippen LogP) is 2.13. The van der Waals surface area contributed by atoms with Crippen LogP contribution in [0, 0.1) is 0 Å². The molecule has 0 fully saturated rings. The Hall–Kier alpha value is -2.43. The van der Waals surface area contributed by atoms with Crippen molar-refractivity contribution in [1.29, 1.82) is 0 Å². The maximum Gasteiger partial charge on any atom is 0.248 e. The molecule has 5 nitrogen and oxygen atoms in total. The van der Waals surface area contributed by atoms with Crippen molar-refractivity contribution in [2.24, 2.45) is 5.73 Å². The summed E-state index contributed by atoms with van der Waals surface area (Å²) in [4.78, 5) is 11.1. The molecule has 0 aliphatic heterocycles. The van der Waals surface area contributed by atoms with Gasteiger partial charge in [-0.2, -0.15) is 0 Å². The smallest absolute Gasteiger partial charge is 0.248 e. The Morgan fingerprint density at radius 3 is 2.78 bits per heavy atom. The van der Waals surface area contributed by atoms with E-state index in [-0.39, 0.29) is 6.04 Å². The van der Waals surface area contributed by atoms with Crippen LogP contribution in [0.3, 0.4) is 0 Å². The Balaban J connectivity index is 2.23. The van der Waals surface area contributed by atoms with Crippen LogP contribution in [-0.4, -0.2) is 5.91 Å².